The van der Waals surface area contributed by atoms with E-state index >= 15 is 0 Å². The minimum absolute atomic E-state index is 0. The summed E-state index contributed by atoms with van der Waals surface area (Å²) in [6.45, 7) is 8.10. The van der Waals surface area contributed by atoms with Gasteiger partial charge in [-0.15, -0.1) is 0 Å². The first-order chi connectivity index (χ1) is 6.55. The third kappa shape index (κ3) is 3.90. The summed E-state index contributed by atoms with van der Waals surface area (Å²) in [6, 6.07) is -0.985. The second-order valence-corrected chi connectivity index (χ2v) is 4.25. The van der Waals surface area contributed by atoms with Gasteiger partial charge in [-0.25, -0.2) is 0 Å². The van der Waals surface area contributed by atoms with Crippen molar-refractivity contribution in [2.75, 3.05) is 6.54 Å². The Bertz CT molecular complexity index is 207. The van der Waals surface area contributed by atoms with Crippen molar-refractivity contribution in [1.29, 1.82) is 0 Å². The molecule has 2 unspecified atom stereocenters. The zero-order valence-corrected chi connectivity index (χ0v) is 11.2. The fourth-order valence-corrected chi connectivity index (χ4v) is 1.65. The van der Waals surface area contributed by atoms with Crippen LogP contribution in [0.5, 0.6) is 0 Å². The molecular weight excluding hydrogens is 266 g/mol. The zero-order chi connectivity index (χ0) is 12.4. The zero-order valence-electron chi connectivity index (χ0n) is 10.2. The first-order valence-electron chi connectivity index (χ1n) is 5.10. The van der Waals surface area contributed by atoms with E-state index in [0.717, 1.165) is 6.92 Å². The largest absolute Gasteiger partial charge is 0.418 e. The molecule has 0 saturated carbocycles. The van der Waals surface area contributed by atoms with E-state index in [4.69, 9.17) is 0 Å². The van der Waals surface area contributed by atoms with Crippen LogP contribution in [0.4, 0.5) is 13.2 Å². The van der Waals surface area contributed by atoms with Gasteiger partial charge in [-0.05, 0) is 34.2 Å². The van der Waals surface area contributed by atoms with Crippen LogP contribution in [0.1, 0.15) is 34.6 Å². The predicted molar refractivity (Wildman–Crippen MR) is 53.7 cm³/mol. The summed E-state index contributed by atoms with van der Waals surface area (Å²) in [4.78, 5) is 1.62. The van der Waals surface area contributed by atoms with Crippen LogP contribution in [0.15, 0.2) is 0 Å². The van der Waals surface area contributed by atoms with Crippen molar-refractivity contribution in [3.05, 3.63) is 0 Å². The number of halogens is 3. The van der Waals surface area contributed by atoms with Crippen LogP contribution in [0, 0.1) is 0 Å². The van der Waals surface area contributed by atoms with E-state index in [0.29, 0.717) is 6.54 Å². The number of hydrogen-bond acceptors (Lipinski definition) is 2. The van der Waals surface area contributed by atoms with Crippen molar-refractivity contribution >= 4 is 0 Å². The maximum absolute atomic E-state index is 12.6. The monoisotopic (exact) mass is 285 g/mol. The van der Waals surface area contributed by atoms with Gasteiger partial charge in [-0.2, -0.15) is 13.2 Å². The molecule has 0 aromatic heterocycles. The number of alkyl halides is 3. The van der Waals surface area contributed by atoms with Gasteiger partial charge in [0, 0.05) is 28.6 Å². The number of nitrogens with zero attached hydrogens (tertiary/aromatic N) is 1. The van der Waals surface area contributed by atoms with Gasteiger partial charge < -0.3 is 5.11 Å². The second-order valence-electron chi connectivity index (χ2n) is 4.25. The van der Waals surface area contributed by atoms with Crippen molar-refractivity contribution in [3.8, 4) is 0 Å². The van der Waals surface area contributed by atoms with Gasteiger partial charge in [0.15, 0.2) is 5.60 Å². The molecule has 0 aliphatic rings. The molecule has 16 heavy (non-hydrogen) atoms. The second kappa shape index (κ2) is 6.22. The number of rotatable bonds is 4. The Morgan fingerprint density at radius 1 is 1.19 bits per heavy atom. The molecule has 1 N–H and O–H groups in total. The standard InChI is InChI=1S/C10H20F3NO.Ni/c1-6-14(7(2)3)8(4)9(5,15)10(11,12)13;/h7-8,15H,6H2,1-5H3;. The van der Waals surface area contributed by atoms with E-state index in [1.54, 1.807) is 11.8 Å². The maximum atomic E-state index is 12.6. The molecular formula is C10H20F3NNiO. The van der Waals surface area contributed by atoms with Crippen LogP contribution >= 0.6 is 0 Å². The summed E-state index contributed by atoms with van der Waals surface area (Å²) >= 11 is 0. The number of aliphatic hydroxyl groups is 1. The van der Waals surface area contributed by atoms with Crippen LogP contribution in [0.3, 0.4) is 0 Å². The van der Waals surface area contributed by atoms with Crippen LogP contribution in [0.25, 0.3) is 0 Å². The molecule has 0 bridgehead atoms. The molecule has 0 spiro atoms. The van der Waals surface area contributed by atoms with Crippen molar-refractivity contribution in [2.24, 2.45) is 0 Å². The third-order valence-corrected chi connectivity index (χ3v) is 2.91. The molecule has 0 aromatic carbocycles. The predicted octanol–water partition coefficient (Wildman–Crippen LogP) is 2.42. The Kier molecular flexibility index (Phi) is 7.22. The van der Waals surface area contributed by atoms with E-state index in [-0.39, 0.29) is 22.5 Å². The van der Waals surface area contributed by atoms with Gasteiger partial charge in [-0.3, -0.25) is 4.90 Å². The Hall–Kier alpha value is 0.204. The first-order valence-corrected chi connectivity index (χ1v) is 5.10. The average molecular weight is 286 g/mol. The van der Waals surface area contributed by atoms with Crippen LogP contribution in [0.2, 0.25) is 0 Å². The summed E-state index contributed by atoms with van der Waals surface area (Å²) < 4.78 is 37.7. The molecule has 0 amide bonds. The minimum Gasteiger partial charge on any atom is -0.379 e. The third-order valence-electron chi connectivity index (χ3n) is 2.91. The van der Waals surface area contributed by atoms with Crippen molar-refractivity contribution in [2.45, 2.75) is 58.5 Å². The summed E-state index contributed by atoms with van der Waals surface area (Å²) in [5.74, 6) is 0. The van der Waals surface area contributed by atoms with Gasteiger partial charge in [0.05, 0.1) is 0 Å². The van der Waals surface area contributed by atoms with Crippen molar-refractivity contribution < 1.29 is 34.8 Å². The van der Waals surface area contributed by atoms with Gasteiger partial charge in [0.2, 0.25) is 0 Å². The van der Waals surface area contributed by atoms with Crippen LogP contribution < -0.4 is 0 Å². The van der Waals surface area contributed by atoms with Crippen molar-refractivity contribution in [3.63, 3.8) is 0 Å². The van der Waals surface area contributed by atoms with Crippen LogP contribution in [-0.4, -0.2) is 40.4 Å². The van der Waals surface area contributed by atoms with Crippen molar-refractivity contribution in [1.82, 2.24) is 4.90 Å². The van der Waals surface area contributed by atoms with Gasteiger partial charge in [-0.1, -0.05) is 6.92 Å². The van der Waals surface area contributed by atoms with E-state index in [2.05, 4.69) is 0 Å². The summed E-state index contributed by atoms with van der Waals surface area (Å²) in [5.41, 5.74) is -2.67. The average Bonchev–Trinajstić information content (AvgIpc) is 2.02. The van der Waals surface area contributed by atoms with Gasteiger partial charge in [0.1, 0.15) is 0 Å². The van der Waals surface area contributed by atoms with Crippen LogP contribution in [-0.2, 0) is 16.5 Å². The molecule has 2 nitrogen and oxygen atoms in total. The number of hydrogen-bond donors (Lipinski definition) is 1. The number of likely N-dealkylation sites (N-methyl/N-ethyl adjacent to an activating group) is 1. The first kappa shape index (κ1) is 18.6. The molecule has 0 aliphatic heterocycles. The Balaban J connectivity index is 0. The normalized spacial score (nSPS) is 18.2. The quantitative estimate of drug-likeness (QED) is 0.802. The fraction of sp³-hybridized carbons (Fsp3) is 1.00. The molecule has 0 fully saturated rings. The summed E-state index contributed by atoms with van der Waals surface area (Å²) in [6.07, 6.45) is -4.60. The Labute approximate surface area is 105 Å². The van der Waals surface area contributed by atoms with E-state index in [1.165, 1.54) is 6.92 Å². The molecule has 2 atom stereocenters. The molecule has 0 rings (SSSR count). The van der Waals surface area contributed by atoms with E-state index in [9.17, 15) is 18.3 Å². The molecule has 0 heterocycles. The minimum atomic E-state index is -4.60. The Morgan fingerprint density at radius 3 is 1.75 bits per heavy atom. The molecule has 0 aliphatic carbocycles. The summed E-state index contributed by atoms with van der Waals surface area (Å²) in [5, 5.41) is 9.50. The topological polar surface area (TPSA) is 23.5 Å². The van der Waals surface area contributed by atoms with Gasteiger partial charge >= 0.3 is 6.18 Å². The van der Waals surface area contributed by atoms with E-state index in [1.807, 2.05) is 13.8 Å². The van der Waals surface area contributed by atoms with Gasteiger partial charge in [0.25, 0.3) is 0 Å². The maximum Gasteiger partial charge on any atom is 0.418 e. The molecule has 0 saturated heterocycles. The molecule has 0 radical (unpaired) electrons. The van der Waals surface area contributed by atoms with E-state index < -0.39 is 17.8 Å². The smallest absolute Gasteiger partial charge is 0.379 e. The summed E-state index contributed by atoms with van der Waals surface area (Å²) in [7, 11) is 0. The molecule has 102 valence electrons. The molecule has 0 aromatic rings. The Morgan fingerprint density at radius 2 is 1.56 bits per heavy atom. The SMILES string of the molecule is CCN(C(C)C)C(C)C(C)(O)C(F)(F)F.[Ni]. The molecule has 6 heteroatoms. The fourth-order valence-electron chi connectivity index (χ4n) is 1.65.